The van der Waals surface area contributed by atoms with Crippen molar-refractivity contribution in [3.05, 3.63) is 34.6 Å². The number of hydrogen-bond acceptors (Lipinski definition) is 4. The van der Waals surface area contributed by atoms with Crippen molar-refractivity contribution in [1.29, 1.82) is 0 Å². The highest BCUT2D eigenvalue weighted by Gasteiger charge is 2.13. The van der Waals surface area contributed by atoms with Crippen LogP contribution >= 0.6 is 0 Å². The van der Waals surface area contributed by atoms with Crippen molar-refractivity contribution in [3.63, 3.8) is 0 Å². The van der Waals surface area contributed by atoms with Crippen molar-refractivity contribution in [1.82, 2.24) is 20.1 Å². The van der Waals surface area contributed by atoms with E-state index in [-0.39, 0.29) is 0 Å². The highest BCUT2D eigenvalue weighted by molar-refractivity contribution is 5.38. The van der Waals surface area contributed by atoms with Gasteiger partial charge in [-0.05, 0) is 39.4 Å². The third-order valence-corrected chi connectivity index (χ3v) is 2.95. The molecule has 0 fully saturated rings. The first kappa shape index (κ1) is 13.5. The van der Waals surface area contributed by atoms with E-state index in [1.165, 1.54) is 5.56 Å². The summed E-state index contributed by atoms with van der Waals surface area (Å²) >= 11 is 0. The second kappa shape index (κ2) is 5.40. The molecular formula is C14H20N4O. The average Bonchev–Trinajstić information content (AvgIpc) is 2.62. The first-order valence-electron chi connectivity index (χ1n) is 6.31. The highest BCUT2D eigenvalue weighted by Crippen LogP contribution is 2.26. The molecule has 102 valence electrons. The summed E-state index contributed by atoms with van der Waals surface area (Å²) in [4.78, 5) is 4.49. The summed E-state index contributed by atoms with van der Waals surface area (Å²) in [6.07, 6.45) is 0. The summed E-state index contributed by atoms with van der Waals surface area (Å²) in [7, 11) is 3.78. The van der Waals surface area contributed by atoms with E-state index in [4.69, 9.17) is 4.74 Å². The Balaban J connectivity index is 2.40. The fraction of sp³-hybridized carbons (Fsp3) is 0.429. The topological polar surface area (TPSA) is 52.0 Å². The van der Waals surface area contributed by atoms with Gasteiger partial charge in [0.25, 0.3) is 0 Å². The van der Waals surface area contributed by atoms with Gasteiger partial charge in [-0.2, -0.15) is 5.10 Å². The highest BCUT2D eigenvalue weighted by atomic mass is 16.5. The van der Waals surface area contributed by atoms with Crippen molar-refractivity contribution < 1.29 is 4.74 Å². The predicted octanol–water partition coefficient (Wildman–Crippen LogP) is 2.25. The SMILES string of the molecule is CNCc1c(C)cc(C)nc1Oc1cc(C)nn1C. The quantitative estimate of drug-likeness (QED) is 0.916. The van der Waals surface area contributed by atoms with Gasteiger partial charge in [-0.15, -0.1) is 0 Å². The van der Waals surface area contributed by atoms with Crippen LogP contribution in [0.4, 0.5) is 0 Å². The number of pyridine rings is 1. The molecule has 0 saturated carbocycles. The summed E-state index contributed by atoms with van der Waals surface area (Å²) in [6, 6.07) is 3.97. The van der Waals surface area contributed by atoms with Crippen molar-refractivity contribution in [2.24, 2.45) is 7.05 Å². The van der Waals surface area contributed by atoms with Crippen LogP contribution in [0, 0.1) is 20.8 Å². The van der Waals surface area contributed by atoms with Gasteiger partial charge >= 0.3 is 0 Å². The maximum absolute atomic E-state index is 5.92. The van der Waals surface area contributed by atoms with Crippen LogP contribution in [0.15, 0.2) is 12.1 Å². The van der Waals surface area contributed by atoms with Crippen LogP contribution in [-0.2, 0) is 13.6 Å². The maximum Gasteiger partial charge on any atom is 0.226 e. The van der Waals surface area contributed by atoms with Crippen LogP contribution in [0.25, 0.3) is 0 Å². The number of hydrogen-bond donors (Lipinski definition) is 1. The van der Waals surface area contributed by atoms with E-state index in [2.05, 4.69) is 28.4 Å². The van der Waals surface area contributed by atoms with Crippen LogP contribution in [0.5, 0.6) is 11.8 Å². The molecule has 2 heterocycles. The number of nitrogens with one attached hydrogen (secondary N) is 1. The largest absolute Gasteiger partial charge is 0.421 e. The van der Waals surface area contributed by atoms with Gasteiger partial charge in [0.15, 0.2) is 0 Å². The standard InChI is InChI=1S/C14H20N4O/c1-9-6-10(2)16-14(12(9)8-15-4)19-13-7-11(3)17-18(13)5/h6-7,15H,8H2,1-5H3. The van der Waals surface area contributed by atoms with E-state index in [0.717, 1.165) is 23.5 Å². The summed E-state index contributed by atoms with van der Waals surface area (Å²) in [6.45, 7) is 6.71. The van der Waals surface area contributed by atoms with Gasteiger partial charge in [0, 0.05) is 30.9 Å². The normalized spacial score (nSPS) is 10.8. The molecular weight excluding hydrogens is 240 g/mol. The maximum atomic E-state index is 5.92. The van der Waals surface area contributed by atoms with E-state index in [1.54, 1.807) is 4.68 Å². The predicted molar refractivity (Wildman–Crippen MR) is 74.5 cm³/mol. The monoisotopic (exact) mass is 260 g/mol. The lowest BCUT2D eigenvalue weighted by Gasteiger charge is -2.13. The molecule has 0 radical (unpaired) electrons. The van der Waals surface area contributed by atoms with Crippen LogP contribution in [0.1, 0.15) is 22.5 Å². The summed E-state index contributed by atoms with van der Waals surface area (Å²) in [5.41, 5.74) is 4.13. The Morgan fingerprint density at radius 2 is 1.95 bits per heavy atom. The van der Waals surface area contributed by atoms with Crippen LogP contribution in [0.2, 0.25) is 0 Å². The van der Waals surface area contributed by atoms with E-state index in [0.29, 0.717) is 11.8 Å². The first-order chi connectivity index (χ1) is 9.01. The number of ether oxygens (including phenoxy) is 1. The van der Waals surface area contributed by atoms with Gasteiger partial charge in [0.05, 0.1) is 5.69 Å². The number of aromatic nitrogens is 3. The Morgan fingerprint density at radius 3 is 2.53 bits per heavy atom. The van der Waals surface area contributed by atoms with Crippen LogP contribution in [-0.4, -0.2) is 21.8 Å². The van der Waals surface area contributed by atoms with E-state index in [1.807, 2.05) is 34.0 Å². The minimum absolute atomic E-state index is 0.648. The molecule has 0 atom stereocenters. The average molecular weight is 260 g/mol. The van der Waals surface area contributed by atoms with E-state index in [9.17, 15) is 0 Å². The van der Waals surface area contributed by atoms with Crippen LogP contribution in [0.3, 0.4) is 0 Å². The Bertz CT molecular complexity index is 589. The zero-order valence-corrected chi connectivity index (χ0v) is 12.1. The van der Waals surface area contributed by atoms with E-state index >= 15 is 0 Å². The lowest BCUT2D eigenvalue weighted by atomic mass is 10.1. The third-order valence-electron chi connectivity index (χ3n) is 2.95. The zero-order chi connectivity index (χ0) is 14.0. The Labute approximate surface area is 113 Å². The minimum atomic E-state index is 0.648. The molecule has 0 bridgehead atoms. The van der Waals surface area contributed by atoms with E-state index < -0.39 is 0 Å². The molecule has 2 rings (SSSR count). The lowest BCUT2D eigenvalue weighted by Crippen LogP contribution is -2.10. The molecule has 5 heteroatoms. The van der Waals surface area contributed by atoms with Gasteiger partial charge in [-0.25, -0.2) is 9.67 Å². The summed E-state index contributed by atoms with van der Waals surface area (Å²) in [5, 5.41) is 7.42. The third kappa shape index (κ3) is 2.93. The minimum Gasteiger partial charge on any atom is -0.421 e. The van der Waals surface area contributed by atoms with Crippen molar-refractivity contribution in [2.45, 2.75) is 27.3 Å². The molecule has 19 heavy (non-hydrogen) atoms. The summed E-state index contributed by atoms with van der Waals surface area (Å²) in [5.74, 6) is 1.35. The fourth-order valence-electron chi connectivity index (χ4n) is 2.09. The number of aryl methyl sites for hydroxylation is 4. The molecule has 0 saturated heterocycles. The molecule has 0 spiro atoms. The molecule has 0 aliphatic carbocycles. The van der Waals surface area contributed by atoms with Crippen molar-refractivity contribution in [3.8, 4) is 11.8 Å². The van der Waals surface area contributed by atoms with Gasteiger partial charge in [-0.3, -0.25) is 0 Å². The zero-order valence-electron chi connectivity index (χ0n) is 12.1. The van der Waals surface area contributed by atoms with Gasteiger partial charge in [0.1, 0.15) is 0 Å². The fourth-order valence-corrected chi connectivity index (χ4v) is 2.09. The number of rotatable bonds is 4. The summed E-state index contributed by atoms with van der Waals surface area (Å²) < 4.78 is 7.64. The molecule has 0 aliphatic rings. The molecule has 0 unspecified atom stereocenters. The van der Waals surface area contributed by atoms with Crippen LogP contribution < -0.4 is 10.1 Å². The molecule has 1 N–H and O–H groups in total. The molecule has 2 aromatic heterocycles. The van der Waals surface area contributed by atoms with Gasteiger partial charge in [0.2, 0.25) is 11.8 Å². The molecule has 0 aliphatic heterocycles. The van der Waals surface area contributed by atoms with Gasteiger partial charge in [-0.1, -0.05) is 0 Å². The second-order valence-corrected chi connectivity index (χ2v) is 4.74. The Hall–Kier alpha value is -1.88. The smallest absolute Gasteiger partial charge is 0.226 e. The molecule has 5 nitrogen and oxygen atoms in total. The first-order valence-corrected chi connectivity index (χ1v) is 6.31. The second-order valence-electron chi connectivity index (χ2n) is 4.74. The van der Waals surface area contributed by atoms with Gasteiger partial charge < -0.3 is 10.1 Å². The van der Waals surface area contributed by atoms with Crippen molar-refractivity contribution in [2.75, 3.05) is 7.05 Å². The Kier molecular flexibility index (Phi) is 3.85. The molecule has 0 aromatic carbocycles. The Morgan fingerprint density at radius 1 is 1.21 bits per heavy atom. The number of nitrogens with zero attached hydrogens (tertiary/aromatic N) is 3. The van der Waals surface area contributed by atoms with Crippen molar-refractivity contribution >= 4 is 0 Å². The molecule has 0 amide bonds. The lowest BCUT2D eigenvalue weighted by molar-refractivity contribution is 0.408. The molecule has 2 aromatic rings.